The predicted molar refractivity (Wildman–Crippen MR) is 52.6 cm³/mol. The van der Waals surface area contributed by atoms with Gasteiger partial charge in [-0.05, 0) is 12.1 Å². The highest BCUT2D eigenvalue weighted by Crippen LogP contribution is 2.05. The molecule has 0 radical (unpaired) electrons. The van der Waals surface area contributed by atoms with Crippen LogP contribution in [-0.4, -0.2) is 4.98 Å². The lowest BCUT2D eigenvalue weighted by Gasteiger charge is -1.96. The monoisotopic (exact) mass is 171 g/mol. The third kappa shape index (κ3) is 3.72. The van der Waals surface area contributed by atoms with Gasteiger partial charge in [0.2, 0.25) is 0 Å². The standard InChI is InChI=1S/C5H7N3S.C2H6/c6-4-2-1-3-5(7-4)8-9;1-2/h1-3,9H,(H3,6,7,8);1-2H3. The Morgan fingerprint density at radius 2 is 2.09 bits per heavy atom. The molecule has 1 rings (SSSR count). The number of nitrogens with two attached hydrogens (primary N) is 1. The summed E-state index contributed by atoms with van der Waals surface area (Å²) in [6, 6.07) is 5.30. The van der Waals surface area contributed by atoms with Crippen molar-refractivity contribution in [3.05, 3.63) is 18.2 Å². The topological polar surface area (TPSA) is 50.9 Å². The van der Waals surface area contributed by atoms with Gasteiger partial charge in [0.1, 0.15) is 11.6 Å². The van der Waals surface area contributed by atoms with Gasteiger partial charge in [0, 0.05) is 0 Å². The van der Waals surface area contributed by atoms with Crippen LogP contribution in [0.15, 0.2) is 18.2 Å². The van der Waals surface area contributed by atoms with Gasteiger partial charge in [-0.1, -0.05) is 32.7 Å². The van der Waals surface area contributed by atoms with E-state index in [9.17, 15) is 0 Å². The summed E-state index contributed by atoms with van der Waals surface area (Å²) in [4.78, 5) is 3.88. The number of nitrogens with one attached hydrogen (secondary N) is 1. The van der Waals surface area contributed by atoms with E-state index < -0.39 is 0 Å². The van der Waals surface area contributed by atoms with Gasteiger partial charge >= 0.3 is 0 Å². The summed E-state index contributed by atoms with van der Waals surface area (Å²) in [7, 11) is 0. The normalized spacial score (nSPS) is 7.91. The second-order valence-corrected chi connectivity index (χ2v) is 1.78. The molecule has 1 aromatic heterocycles. The highest BCUT2D eigenvalue weighted by Gasteiger charge is 1.87. The fourth-order valence-corrected chi connectivity index (χ4v) is 0.638. The van der Waals surface area contributed by atoms with E-state index in [-0.39, 0.29) is 0 Å². The number of nitrogen functional groups attached to an aromatic ring is 1. The molecule has 0 amide bonds. The van der Waals surface area contributed by atoms with Gasteiger partial charge < -0.3 is 10.5 Å². The molecule has 0 aliphatic carbocycles. The van der Waals surface area contributed by atoms with Gasteiger partial charge in [0.25, 0.3) is 0 Å². The van der Waals surface area contributed by atoms with Gasteiger partial charge in [0.15, 0.2) is 0 Å². The second kappa shape index (κ2) is 5.85. The molecule has 4 heteroatoms. The molecule has 0 aliphatic rings. The maximum absolute atomic E-state index is 5.35. The van der Waals surface area contributed by atoms with Crippen molar-refractivity contribution in [1.29, 1.82) is 0 Å². The number of rotatable bonds is 1. The molecule has 3 N–H and O–H groups in total. The fourth-order valence-electron chi connectivity index (χ4n) is 0.514. The van der Waals surface area contributed by atoms with Crippen LogP contribution < -0.4 is 10.5 Å². The maximum atomic E-state index is 5.35. The largest absolute Gasteiger partial charge is 0.384 e. The first-order valence-electron chi connectivity index (χ1n) is 3.45. The van der Waals surface area contributed by atoms with Crippen LogP contribution in [-0.2, 0) is 0 Å². The van der Waals surface area contributed by atoms with E-state index in [1.54, 1.807) is 18.2 Å². The Morgan fingerprint density at radius 1 is 1.45 bits per heavy atom. The molecule has 0 aromatic carbocycles. The summed E-state index contributed by atoms with van der Waals surface area (Å²) in [5.74, 6) is 1.16. The summed E-state index contributed by atoms with van der Waals surface area (Å²) < 4.78 is 2.57. The molecule has 0 spiro atoms. The molecule has 0 saturated carbocycles. The van der Waals surface area contributed by atoms with E-state index in [1.807, 2.05) is 13.8 Å². The van der Waals surface area contributed by atoms with E-state index in [1.165, 1.54) is 0 Å². The average molecular weight is 171 g/mol. The maximum Gasteiger partial charge on any atom is 0.138 e. The quantitative estimate of drug-likeness (QED) is 0.566. The fraction of sp³-hybridized carbons (Fsp3) is 0.286. The number of thiol groups is 1. The third-order valence-electron chi connectivity index (χ3n) is 0.885. The minimum atomic E-state index is 0.494. The Morgan fingerprint density at radius 3 is 2.45 bits per heavy atom. The van der Waals surface area contributed by atoms with Crippen molar-refractivity contribution < 1.29 is 0 Å². The highest BCUT2D eigenvalue weighted by atomic mass is 32.1. The average Bonchev–Trinajstić information content (AvgIpc) is 2.08. The molecular weight excluding hydrogens is 158 g/mol. The van der Waals surface area contributed by atoms with Crippen LogP contribution in [0, 0.1) is 0 Å². The number of hydrogen-bond acceptors (Lipinski definition) is 4. The molecule has 62 valence electrons. The molecular formula is C7H13N3S. The molecule has 0 unspecified atom stereocenters. The van der Waals surface area contributed by atoms with Crippen molar-refractivity contribution in [1.82, 2.24) is 4.98 Å². The van der Waals surface area contributed by atoms with Gasteiger partial charge in [-0.15, -0.1) is 0 Å². The molecule has 1 heterocycles. The summed E-state index contributed by atoms with van der Waals surface area (Å²) in [6.07, 6.45) is 0. The number of nitrogens with zero attached hydrogens (tertiary/aromatic N) is 1. The van der Waals surface area contributed by atoms with Gasteiger partial charge in [-0.3, -0.25) is 0 Å². The summed E-state index contributed by atoms with van der Waals surface area (Å²) in [5.41, 5.74) is 5.35. The van der Waals surface area contributed by atoms with E-state index in [0.29, 0.717) is 11.6 Å². The smallest absolute Gasteiger partial charge is 0.138 e. The third-order valence-corrected chi connectivity index (χ3v) is 1.11. The lowest BCUT2D eigenvalue weighted by molar-refractivity contribution is 1.35. The molecule has 11 heavy (non-hydrogen) atoms. The summed E-state index contributed by atoms with van der Waals surface area (Å²) in [5, 5.41) is 0. The Kier molecular flexibility index (Phi) is 5.37. The lowest BCUT2D eigenvalue weighted by atomic mass is 10.4. The minimum Gasteiger partial charge on any atom is -0.384 e. The van der Waals surface area contributed by atoms with Crippen LogP contribution in [0.1, 0.15) is 13.8 Å². The predicted octanol–water partition coefficient (Wildman–Crippen LogP) is 1.95. The van der Waals surface area contributed by atoms with Crippen LogP contribution in [0.5, 0.6) is 0 Å². The molecule has 0 fully saturated rings. The summed E-state index contributed by atoms with van der Waals surface area (Å²) in [6.45, 7) is 4.00. The zero-order chi connectivity index (χ0) is 8.69. The number of aromatic nitrogens is 1. The lowest BCUT2D eigenvalue weighted by Crippen LogP contribution is -1.91. The van der Waals surface area contributed by atoms with E-state index in [0.717, 1.165) is 0 Å². The van der Waals surface area contributed by atoms with Crippen molar-refractivity contribution in [3.63, 3.8) is 0 Å². The number of pyridine rings is 1. The Balaban J connectivity index is 0.000000461. The zero-order valence-electron chi connectivity index (χ0n) is 6.70. The molecule has 0 bridgehead atoms. The van der Waals surface area contributed by atoms with E-state index in [4.69, 9.17) is 5.73 Å². The first-order valence-corrected chi connectivity index (χ1v) is 3.90. The van der Waals surface area contributed by atoms with Gasteiger partial charge in [-0.2, -0.15) is 0 Å². The molecule has 3 nitrogen and oxygen atoms in total. The Bertz CT molecular complexity index is 203. The van der Waals surface area contributed by atoms with Crippen LogP contribution in [0.4, 0.5) is 11.6 Å². The zero-order valence-corrected chi connectivity index (χ0v) is 7.60. The van der Waals surface area contributed by atoms with Gasteiger partial charge in [-0.25, -0.2) is 4.98 Å². The van der Waals surface area contributed by atoms with Crippen LogP contribution in [0.2, 0.25) is 0 Å². The van der Waals surface area contributed by atoms with Crippen molar-refractivity contribution in [2.45, 2.75) is 13.8 Å². The van der Waals surface area contributed by atoms with E-state index >= 15 is 0 Å². The SMILES string of the molecule is CC.Nc1cccc(NS)n1. The number of hydrogen-bond donors (Lipinski definition) is 3. The molecule has 0 saturated heterocycles. The first kappa shape index (κ1) is 10.1. The van der Waals surface area contributed by atoms with Crippen molar-refractivity contribution in [2.24, 2.45) is 0 Å². The van der Waals surface area contributed by atoms with Crippen molar-refractivity contribution >= 4 is 24.5 Å². The molecule has 0 aliphatic heterocycles. The van der Waals surface area contributed by atoms with Crippen molar-refractivity contribution in [3.8, 4) is 0 Å². The van der Waals surface area contributed by atoms with E-state index in [2.05, 4.69) is 22.5 Å². The number of anilines is 2. The van der Waals surface area contributed by atoms with Crippen LogP contribution in [0.3, 0.4) is 0 Å². The van der Waals surface area contributed by atoms with Crippen molar-refractivity contribution in [2.75, 3.05) is 10.5 Å². The summed E-state index contributed by atoms with van der Waals surface area (Å²) >= 11 is 3.79. The van der Waals surface area contributed by atoms with Crippen LogP contribution >= 0.6 is 12.8 Å². The molecule has 0 atom stereocenters. The first-order chi connectivity index (χ1) is 5.33. The highest BCUT2D eigenvalue weighted by molar-refractivity contribution is 7.81. The Labute approximate surface area is 72.6 Å². The van der Waals surface area contributed by atoms with Gasteiger partial charge in [0.05, 0.1) is 0 Å². The minimum absolute atomic E-state index is 0.494. The second-order valence-electron chi connectivity index (χ2n) is 1.56. The Hall–Kier alpha value is -0.900. The molecule has 1 aromatic rings. The van der Waals surface area contributed by atoms with Crippen LogP contribution in [0.25, 0.3) is 0 Å².